The van der Waals surface area contributed by atoms with Crippen LogP contribution in [0.4, 0.5) is 8.78 Å². The summed E-state index contributed by atoms with van der Waals surface area (Å²) in [5.41, 5.74) is -0.986. The molecule has 11 heavy (non-hydrogen) atoms. The average Bonchev–Trinajstić information content (AvgIpc) is 2.07. The maximum absolute atomic E-state index is 12.5. The molecule has 1 rings (SSSR count). The van der Waals surface area contributed by atoms with Gasteiger partial charge in [-0.15, -0.1) is 0 Å². The van der Waals surface area contributed by atoms with Crippen LogP contribution in [0.15, 0.2) is 0 Å². The van der Waals surface area contributed by atoms with E-state index in [9.17, 15) is 13.6 Å². The van der Waals surface area contributed by atoms with Crippen molar-refractivity contribution in [3.63, 3.8) is 0 Å². The van der Waals surface area contributed by atoms with Crippen LogP contribution in [0.25, 0.3) is 0 Å². The highest BCUT2D eigenvalue weighted by molar-refractivity contribution is 7.15. The second-order valence-corrected chi connectivity index (χ2v) is 3.22. The molecule has 0 aliphatic heterocycles. The van der Waals surface area contributed by atoms with Crippen molar-refractivity contribution in [3.8, 4) is 0 Å². The fraction of sp³-hybridized carbons (Fsp3) is 0. The molecule has 0 radical (unpaired) electrons. The molecule has 0 saturated carbocycles. The number of thiophene rings is 1. The Kier molecular flexibility index (Phi) is 2.10. The Morgan fingerprint density at radius 2 is 2.09 bits per heavy atom. The van der Waals surface area contributed by atoms with E-state index in [2.05, 4.69) is 0 Å². The van der Waals surface area contributed by atoms with Gasteiger partial charge in [0.1, 0.15) is 9.90 Å². The van der Waals surface area contributed by atoms with Gasteiger partial charge < -0.3 is 5.11 Å². The molecule has 0 aliphatic rings. The van der Waals surface area contributed by atoms with Crippen molar-refractivity contribution in [1.29, 1.82) is 0 Å². The highest BCUT2D eigenvalue weighted by Gasteiger charge is 2.22. The van der Waals surface area contributed by atoms with Crippen LogP contribution in [0.3, 0.4) is 0 Å². The van der Waals surface area contributed by atoms with Gasteiger partial charge in [0.05, 0.1) is 0 Å². The summed E-state index contributed by atoms with van der Waals surface area (Å²) < 4.78 is 24.5. The fourth-order valence-corrected chi connectivity index (χ4v) is 1.46. The number of hydrogen-bond acceptors (Lipinski definition) is 2. The number of aromatic carboxylic acids is 1. The average molecular weight is 199 g/mol. The molecule has 0 fully saturated rings. The van der Waals surface area contributed by atoms with Gasteiger partial charge in [0.15, 0.2) is 10.9 Å². The third kappa shape index (κ3) is 1.34. The summed E-state index contributed by atoms with van der Waals surface area (Å²) in [7, 11) is 0. The summed E-state index contributed by atoms with van der Waals surface area (Å²) in [5, 5.41) is 7.12. The molecule has 0 atom stereocenters. The fourth-order valence-electron chi connectivity index (χ4n) is 0.537. The molecule has 0 aliphatic carbocycles. The SMILES string of the molecule is O=C(O)c1c(F)sc(Cl)c1F. The summed E-state index contributed by atoms with van der Waals surface area (Å²) in [4.78, 5) is 10.1. The van der Waals surface area contributed by atoms with E-state index < -0.39 is 26.8 Å². The highest BCUT2D eigenvalue weighted by Crippen LogP contribution is 2.29. The third-order valence-corrected chi connectivity index (χ3v) is 2.12. The maximum Gasteiger partial charge on any atom is 0.342 e. The zero-order chi connectivity index (χ0) is 8.59. The van der Waals surface area contributed by atoms with Crippen molar-refractivity contribution in [2.24, 2.45) is 0 Å². The van der Waals surface area contributed by atoms with Gasteiger partial charge in [-0.3, -0.25) is 0 Å². The van der Waals surface area contributed by atoms with Crippen LogP contribution in [0.1, 0.15) is 10.4 Å². The lowest BCUT2D eigenvalue weighted by atomic mass is 10.3. The molecule has 60 valence electrons. The predicted molar refractivity (Wildman–Crippen MR) is 36.2 cm³/mol. The van der Waals surface area contributed by atoms with Crippen LogP contribution in [-0.4, -0.2) is 11.1 Å². The van der Waals surface area contributed by atoms with E-state index in [1.165, 1.54) is 0 Å². The van der Waals surface area contributed by atoms with Crippen molar-refractivity contribution >= 4 is 28.9 Å². The number of halogens is 3. The van der Waals surface area contributed by atoms with Crippen molar-refractivity contribution in [1.82, 2.24) is 0 Å². The first kappa shape index (κ1) is 8.42. The van der Waals surface area contributed by atoms with Gasteiger partial charge in [0.2, 0.25) is 0 Å². The second kappa shape index (κ2) is 2.75. The molecule has 1 N–H and O–H groups in total. The largest absolute Gasteiger partial charge is 0.477 e. The third-order valence-electron chi connectivity index (χ3n) is 0.982. The molecule has 0 bridgehead atoms. The molecule has 0 spiro atoms. The molecule has 1 aromatic rings. The van der Waals surface area contributed by atoms with Crippen molar-refractivity contribution in [2.45, 2.75) is 0 Å². The topological polar surface area (TPSA) is 37.3 Å². The molecule has 0 unspecified atom stereocenters. The zero-order valence-electron chi connectivity index (χ0n) is 4.90. The van der Waals surface area contributed by atoms with Crippen LogP contribution in [0.2, 0.25) is 4.34 Å². The van der Waals surface area contributed by atoms with E-state index in [0.717, 1.165) is 0 Å². The Morgan fingerprint density at radius 3 is 2.27 bits per heavy atom. The Bertz CT molecular complexity index is 310. The molecule has 1 heterocycles. The predicted octanol–water partition coefficient (Wildman–Crippen LogP) is 2.38. The van der Waals surface area contributed by atoms with E-state index in [4.69, 9.17) is 16.7 Å². The summed E-state index contributed by atoms with van der Waals surface area (Å²) in [6.07, 6.45) is 0. The van der Waals surface area contributed by atoms with Crippen LogP contribution < -0.4 is 0 Å². The molecule has 1 aromatic heterocycles. The van der Waals surface area contributed by atoms with Crippen molar-refractivity contribution in [2.75, 3.05) is 0 Å². The van der Waals surface area contributed by atoms with Crippen LogP contribution >= 0.6 is 22.9 Å². The van der Waals surface area contributed by atoms with E-state index >= 15 is 0 Å². The molecule has 0 amide bonds. The molecule has 2 nitrogen and oxygen atoms in total. The zero-order valence-corrected chi connectivity index (χ0v) is 6.47. The molecule has 0 aromatic carbocycles. The van der Waals surface area contributed by atoms with Gasteiger partial charge in [-0.2, -0.15) is 4.39 Å². The minimum atomic E-state index is -1.65. The van der Waals surface area contributed by atoms with E-state index in [0.29, 0.717) is 0 Å². The van der Waals surface area contributed by atoms with Gasteiger partial charge in [-0.25, -0.2) is 9.18 Å². The first-order valence-corrected chi connectivity index (χ1v) is 3.60. The number of carboxylic acid groups (broad SMARTS) is 1. The first-order valence-electron chi connectivity index (χ1n) is 2.40. The van der Waals surface area contributed by atoms with Crippen LogP contribution in [0, 0.1) is 10.9 Å². The molecule has 0 saturated heterocycles. The van der Waals surface area contributed by atoms with Gasteiger partial charge in [-0.05, 0) is 0 Å². The van der Waals surface area contributed by atoms with E-state index in [1.54, 1.807) is 0 Å². The summed E-state index contributed by atoms with van der Waals surface area (Å²) in [6.45, 7) is 0. The van der Waals surface area contributed by atoms with E-state index in [-0.39, 0.29) is 11.3 Å². The Hall–Kier alpha value is -0.680. The molecular formula is C5HClF2O2S. The number of carbonyl (C=O) groups is 1. The molecule has 6 heteroatoms. The minimum Gasteiger partial charge on any atom is -0.477 e. The van der Waals surface area contributed by atoms with Gasteiger partial charge >= 0.3 is 5.97 Å². The minimum absolute atomic E-state index is 0.267. The monoisotopic (exact) mass is 198 g/mol. The summed E-state index contributed by atoms with van der Waals surface area (Å²) in [6, 6.07) is 0. The van der Waals surface area contributed by atoms with Crippen molar-refractivity contribution < 1.29 is 18.7 Å². The number of rotatable bonds is 1. The first-order chi connectivity index (χ1) is 5.04. The van der Waals surface area contributed by atoms with Crippen LogP contribution in [0.5, 0.6) is 0 Å². The van der Waals surface area contributed by atoms with Crippen molar-refractivity contribution in [3.05, 3.63) is 20.8 Å². The Labute approximate surface area is 69.0 Å². The lowest BCUT2D eigenvalue weighted by molar-refractivity contribution is 0.0688. The quantitative estimate of drug-likeness (QED) is 0.752. The standard InChI is InChI=1S/C5HClF2O2S/c6-3-2(7)1(5(9)10)4(8)11-3/h(H,9,10). The summed E-state index contributed by atoms with van der Waals surface area (Å²) >= 11 is 5.39. The molecular weight excluding hydrogens is 198 g/mol. The number of hydrogen-bond donors (Lipinski definition) is 1. The van der Waals surface area contributed by atoms with Gasteiger partial charge in [0.25, 0.3) is 0 Å². The Morgan fingerprint density at radius 1 is 1.55 bits per heavy atom. The second-order valence-electron chi connectivity index (χ2n) is 1.64. The summed E-state index contributed by atoms with van der Waals surface area (Å²) in [5.74, 6) is -2.86. The van der Waals surface area contributed by atoms with E-state index in [1.807, 2.05) is 0 Å². The van der Waals surface area contributed by atoms with Crippen LogP contribution in [-0.2, 0) is 0 Å². The van der Waals surface area contributed by atoms with Gasteiger partial charge in [-0.1, -0.05) is 22.9 Å². The normalized spacial score (nSPS) is 10.1. The number of carboxylic acids is 1. The lowest BCUT2D eigenvalue weighted by Gasteiger charge is -1.86. The smallest absolute Gasteiger partial charge is 0.342 e. The highest BCUT2D eigenvalue weighted by atomic mass is 35.5. The Balaban J connectivity index is 3.34. The maximum atomic E-state index is 12.5. The van der Waals surface area contributed by atoms with Gasteiger partial charge in [0, 0.05) is 0 Å². The lowest BCUT2D eigenvalue weighted by Crippen LogP contribution is -1.99.